The fourth-order valence-electron chi connectivity index (χ4n) is 2.62. The van der Waals surface area contributed by atoms with E-state index in [0.717, 1.165) is 11.1 Å². The van der Waals surface area contributed by atoms with Crippen molar-refractivity contribution in [3.8, 4) is 11.5 Å². The minimum absolute atomic E-state index is 0.0709. The average molecular weight is 401 g/mol. The van der Waals surface area contributed by atoms with E-state index in [2.05, 4.69) is 10.6 Å². The van der Waals surface area contributed by atoms with Crippen molar-refractivity contribution in [1.29, 1.82) is 0 Å². The number of nitrogens with zero attached hydrogens (tertiary/aromatic N) is 1. The van der Waals surface area contributed by atoms with Crippen molar-refractivity contribution < 1.29 is 24.0 Å². The zero-order valence-corrected chi connectivity index (χ0v) is 16.6. The van der Waals surface area contributed by atoms with Gasteiger partial charge < -0.3 is 20.1 Å². The number of hydrogen-bond acceptors (Lipinski definition) is 6. The molecule has 0 aliphatic rings. The van der Waals surface area contributed by atoms with E-state index in [1.807, 2.05) is 32.0 Å². The molecule has 2 amide bonds. The van der Waals surface area contributed by atoms with Gasteiger partial charge in [0, 0.05) is 5.69 Å². The third kappa shape index (κ3) is 5.68. The van der Waals surface area contributed by atoms with Crippen molar-refractivity contribution in [2.75, 3.05) is 19.0 Å². The number of carbonyl (C=O) groups is 2. The molecule has 9 heteroatoms. The molecular weight excluding hydrogens is 378 g/mol. The molecule has 1 atom stereocenters. The standard InChI is InChI=1S/C20H23N3O6/c1-12-6-5-7-13(2)19(12)22-18(24)11-21-20(25)14(3)29-17-9-8-15(28-4)10-16(17)23(26)27/h5-10,14H,11H2,1-4H3,(H,21,25)(H,22,24)/t14-/m0/s1. The maximum atomic E-state index is 12.2. The third-order valence-electron chi connectivity index (χ3n) is 4.20. The van der Waals surface area contributed by atoms with Crippen LogP contribution in [0, 0.1) is 24.0 Å². The summed E-state index contributed by atoms with van der Waals surface area (Å²) in [6.45, 7) is 4.93. The third-order valence-corrected chi connectivity index (χ3v) is 4.20. The van der Waals surface area contributed by atoms with Crippen LogP contribution in [0.25, 0.3) is 0 Å². The van der Waals surface area contributed by atoms with E-state index < -0.39 is 22.8 Å². The molecule has 2 rings (SSSR count). The van der Waals surface area contributed by atoms with Gasteiger partial charge in [-0.05, 0) is 44.0 Å². The fraction of sp³-hybridized carbons (Fsp3) is 0.300. The number of nitro groups is 1. The summed E-state index contributed by atoms with van der Waals surface area (Å²) in [5, 5.41) is 16.4. The first-order valence-corrected chi connectivity index (χ1v) is 8.85. The Labute approximate surface area is 168 Å². The molecule has 2 aromatic carbocycles. The van der Waals surface area contributed by atoms with Gasteiger partial charge in [-0.15, -0.1) is 0 Å². The Morgan fingerprint density at radius 2 is 1.83 bits per heavy atom. The van der Waals surface area contributed by atoms with Gasteiger partial charge in [0.05, 0.1) is 24.6 Å². The lowest BCUT2D eigenvalue weighted by Crippen LogP contribution is -2.40. The minimum atomic E-state index is -1.05. The van der Waals surface area contributed by atoms with Crippen molar-refractivity contribution in [3.63, 3.8) is 0 Å². The molecule has 0 spiro atoms. The van der Waals surface area contributed by atoms with Crippen LogP contribution < -0.4 is 20.1 Å². The Kier molecular flexibility index (Phi) is 7.13. The molecule has 0 heterocycles. The highest BCUT2D eigenvalue weighted by atomic mass is 16.6. The summed E-state index contributed by atoms with van der Waals surface area (Å²) in [6, 6.07) is 9.69. The normalized spacial score (nSPS) is 11.3. The Morgan fingerprint density at radius 1 is 1.17 bits per heavy atom. The Morgan fingerprint density at radius 3 is 2.41 bits per heavy atom. The Hall–Kier alpha value is -3.62. The molecule has 0 aromatic heterocycles. The number of ether oxygens (including phenoxy) is 2. The molecule has 0 aliphatic carbocycles. The van der Waals surface area contributed by atoms with Gasteiger partial charge in [0.15, 0.2) is 11.9 Å². The summed E-state index contributed by atoms with van der Waals surface area (Å²) in [4.78, 5) is 35.0. The van der Waals surface area contributed by atoms with E-state index in [1.165, 1.54) is 32.2 Å². The van der Waals surface area contributed by atoms with Crippen LogP contribution in [0.2, 0.25) is 0 Å². The predicted octanol–water partition coefficient (Wildman–Crippen LogP) is 2.74. The second-order valence-electron chi connectivity index (χ2n) is 6.38. The van der Waals surface area contributed by atoms with Crippen LogP contribution in [0.3, 0.4) is 0 Å². The van der Waals surface area contributed by atoms with Crippen LogP contribution >= 0.6 is 0 Å². The van der Waals surface area contributed by atoms with Crippen LogP contribution in [-0.4, -0.2) is 36.5 Å². The van der Waals surface area contributed by atoms with E-state index in [1.54, 1.807) is 0 Å². The number of amides is 2. The quantitative estimate of drug-likeness (QED) is 0.518. The smallest absolute Gasteiger partial charge is 0.314 e. The number of nitro benzene ring substituents is 1. The van der Waals surface area contributed by atoms with Gasteiger partial charge in [-0.25, -0.2) is 0 Å². The van der Waals surface area contributed by atoms with Gasteiger partial charge in [0.25, 0.3) is 5.91 Å². The molecule has 0 unspecified atom stereocenters. The van der Waals surface area contributed by atoms with Crippen LogP contribution in [0.5, 0.6) is 11.5 Å². The van der Waals surface area contributed by atoms with Gasteiger partial charge in [-0.1, -0.05) is 18.2 Å². The molecule has 29 heavy (non-hydrogen) atoms. The minimum Gasteiger partial charge on any atom is -0.496 e. The fourth-order valence-corrected chi connectivity index (χ4v) is 2.62. The van der Waals surface area contributed by atoms with Crippen molar-refractivity contribution in [2.24, 2.45) is 0 Å². The lowest BCUT2D eigenvalue weighted by molar-refractivity contribution is -0.386. The number of anilines is 1. The first-order chi connectivity index (χ1) is 13.7. The summed E-state index contributed by atoms with van der Waals surface area (Å²) < 4.78 is 10.4. The lowest BCUT2D eigenvalue weighted by Gasteiger charge is -2.16. The number of benzene rings is 2. The van der Waals surface area contributed by atoms with Gasteiger partial charge >= 0.3 is 5.69 Å². The largest absolute Gasteiger partial charge is 0.496 e. The zero-order chi connectivity index (χ0) is 21.6. The predicted molar refractivity (Wildman–Crippen MR) is 107 cm³/mol. The first-order valence-electron chi connectivity index (χ1n) is 8.85. The molecule has 0 fully saturated rings. The number of aryl methyl sites for hydroxylation is 2. The Bertz CT molecular complexity index is 908. The van der Waals surface area contributed by atoms with Gasteiger partial charge in [0.1, 0.15) is 5.75 Å². The van der Waals surface area contributed by atoms with Crippen molar-refractivity contribution in [3.05, 3.63) is 57.6 Å². The molecule has 2 N–H and O–H groups in total. The molecule has 0 aliphatic heterocycles. The van der Waals surface area contributed by atoms with Crippen molar-refractivity contribution >= 4 is 23.2 Å². The molecular formula is C20H23N3O6. The first kappa shape index (κ1) is 21.7. The maximum absolute atomic E-state index is 12.2. The topological polar surface area (TPSA) is 120 Å². The second kappa shape index (κ2) is 9.54. The number of hydrogen-bond donors (Lipinski definition) is 2. The van der Waals surface area contributed by atoms with E-state index in [-0.39, 0.29) is 18.0 Å². The highest BCUT2D eigenvalue weighted by Crippen LogP contribution is 2.31. The van der Waals surface area contributed by atoms with Crippen LogP contribution in [-0.2, 0) is 9.59 Å². The summed E-state index contributed by atoms with van der Waals surface area (Å²) >= 11 is 0. The highest BCUT2D eigenvalue weighted by molar-refractivity contribution is 5.96. The molecule has 9 nitrogen and oxygen atoms in total. The number of para-hydroxylation sites is 1. The molecule has 0 radical (unpaired) electrons. The second-order valence-corrected chi connectivity index (χ2v) is 6.38. The highest BCUT2D eigenvalue weighted by Gasteiger charge is 2.22. The monoisotopic (exact) mass is 401 g/mol. The molecule has 0 saturated heterocycles. The van der Waals surface area contributed by atoms with Gasteiger partial charge in [-0.3, -0.25) is 19.7 Å². The Balaban J connectivity index is 1.96. The molecule has 0 saturated carbocycles. The van der Waals surface area contributed by atoms with Crippen molar-refractivity contribution in [1.82, 2.24) is 5.32 Å². The number of methoxy groups -OCH3 is 1. The molecule has 154 valence electrons. The maximum Gasteiger partial charge on any atom is 0.314 e. The van der Waals surface area contributed by atoms with Gasteiger partial charge in [-0.2, -0.15) is 0 Å². The number of nitrogens with one attached hydrogen (secondary N) is 2. The van der Waals surface area contributed by atoms with E-state index in [0.29, 0.717) is 11.4 Å². The van der Waals surface area contributed by atoms with Gasteiger partial charge in [0.2, 0.25) is 5.91 Å². The summed E-state index contributed by atoms with van der Waals surface area (Å²) in [5.74, 6) is -0.743. The van der Waals surface area contributed by atoms with Crippen molar-refractivity contribution in [2.45, 2.75) is 26.9 Å². The van der Waals surface area contributed by atoms with E-state index >= 15 is 0 Å². The van der Waals surface area contributed by atoms with E-state index in [9.17, 15) is 19.7 Å². The lowest BCUT2D eigenvalue weighted by atomic mass is 10.1. The van der Waals surface area contributed by atoms with Crippen LogP contribution in [0.4, 0.5) is 11.4 Å². The summed E-state index contributed by atoms with van der Waals surface area (Å²) in [7, 11) is 1.39. The molecule has 2 aromatic rings. The van der Waals surface area contributed by atoms with Crippen LogP contribution in [0.1, 0.15) is 18.1 Å². The summed E-state index contributed by atoms with van der Waals surface area (Å²) in [5.41, 5.74) is 2.20. The SMILES string of the molecule is COc1ccc(O[C@@H](C)C(=O)NCC(=O)Nc2c(C)cccc2C)c([N+](=O)[O-])c1. The number of rotatable bonds is 8. The zero-order valence-electron chi connectivity index (χ0n) is 16.6. The summed E-state index contributed by atoms with van der Waals surface area (Å²) in [6.07, 6.45) is -1.05. The number of carbonyl (C=O) groups excluding carboxylic acids is 2. The average Bonchev–Trinajstić information content (AvgIpc) is 2.69. The van der Waals surface area contributed by atoms with E-state index in [4.69, 9.17) is 9.47 Å². The molecule has 0 bridgehead atoms. The van der Waals surface area contributed by atoms with Crippen LogP contribution in [0.15, 0.2) is 36.4 Å².